The van der Waals surface area contributed by atoms with Gasteiger partial charge in [-0.15, -0.1) is 11.3 Å². The Morgan fingerprint density at radius 3 is 2.86 bits per heavy atom. The highest BCUT2D eigenvalue weighted by Gasteiger charge is 2.07. The van der Waals surface area contributed by atoms with Gasteiger partial charge in [0.05, 0.1) is 11.2 Å². The fraction of sp³-hybridized carbons (Fsp3) is 0.700. The maximum Gasteiger partial charge on any atom is 0.0798 e. The standard InChI is InChI=1S/C10H19N3S/c1-8(11-3)5-13(4)6-10-9(2)12-7-14-10/h7-8,11H,5-6H2,1-4H3. The first-order chi connectivity index (χ1) is 6.63. The molecular weight excluding hydrogens is 194 g/mol. The van der Waals surface area contributed by atoms with E-state index in [0.29, 0.717) is 6.04 Å². The fourth-order valence-electron chi connectivity index (χ4n) is 1.35. The quantitative estimate of drug-likeness (QED) is 0.803. The summed E-state index contributed by atoms with van der Waals surface area (Å²) < 4.78 is 0. The molecule has 1 atom stereocenters. The Bertz CT molecular complexity index is 272. The highest BCUT2D eigenvalue weighted by molar-refractivity contribution is 7.09. The molecule has 0 aliphatic heterocycles. The van der Waals surface area contributed by atoms with Crippen LogP contribution in [0.5, 0.6) is 0 Å². The lowest BCUT2D eigenvalue weighted by molar-refractivity contribution is 0.297. The summed E-state index contributed by atoms with van der Waals surface area (Å²) in [4.78, 5) is 7.94. The van der Waals surface area contributed by atoms with Crippen molar-refractivity contribution in [1.82, 2.24) is 15.2 Å². The van der Waals surface area contributed by atoms with Crippen LogP contribution in [0.25, 0.3) is 0 Å². The Hall–Kier alpha value is -0.450. The van der Waals surface area contributed by atoms with Gasteiger partial charge in [0.2, 0.25) is 0 Å². The van der Waals surface area contributed by atoms with Gasteiger partial charge in [0.1, 0.15) is 0 Å². The van der Waals surface area contributed by atoms with E-state index < -0.39 is 0 Å². The van der Waals surface area contributed by atoms with Crippen LogP contribution in [-0.2, 0) is 6.54 Å². The Labute approximate surface area is 90.2 Å². The van der Waals surface area contributed by atoms with Crippen molar-refractivity contribution in [3.05, 3.63) is 16.1 Å². The van der Waals surface area contributed by atoms with Crippen molar-refractivity contribution in [2.45, 2.75) is 26.4 Å². The summed E-state index contributed by atoms with van der Waals surface area (Å²) in [7, 11) is 4.14. The van der Waals surface area contributed by atoms with Crippen molar-refractivity contribution < 1.29 is 0 Å². The molecule has 0 saturated carbocycles. The van der Waals surface area contributed by atoms with Crippen molar-refractivity contribution in [3.63, 3.8) is 0 Å². The monoisotopic (exact) mass is 213 g/mol. The topological polar surface area (TPSA) is 28.2 Å². The Morgan fingerprint density at radius 2 is 2.36 bits per heavy atom. The zero-order chi connectivity index (χ0) is 10.6. The number of hydrogen-bond donors (Lipinski definition) is 1. The third-order valence-electron chi connectivity index (χ3n) is 2.34. The first-order valence-electron chi connectivity index (χ1n) is 4.88. The van der Waals surface area contributed by atoms with E-state index in [1.54, 1.807) is 11.3 Å². The first-order valence-corrected chi connectivity index (χ1v) is 5.76. The number of likely N-dealkylation sites (N-methyl/N-ethyl adjacent to an activating group) is 2. The highest BCUT2D eigenvalue weighted by Crippen LogP contribution is 2.13. The second-order valence-electron chi connectivity index (χ2n) is 3.75. The second-order valence-corrected chi connectivity index (χ2v) is 4.69. The summed E-state index contributed by atoms with van der Waals surface area (Å²) in [6, 6.07) is 0.535. The maximum atomic E-state index is 4.25. The summed E-state index contributed by atoms with van der Waals surface area (Å²) in [5.41, 5.74) is 3.08. The summed E-state index contributed by atoms with van der Waals surface area (Å²) in [6.07, 6.45) is 0. The molecule has 4 heteroatoms. The SMILES string of the molecule is CNC(C)CN(C)Cc1scnc1C. The van der Waals surface area contributed by atoms with E-state index in [2.05, 4.69) is 36.1 Å². The van der Waals surface area contributed by atoms with E-state index >= 15 is 0 Å². The molecule has 3 nitrogen and oxygen atoms in total. The van der Waals surface area contributed by atoms with Crippen LogP contribution in [0.2, 0.25) is 0 Å². The molecule has 0 radical (unpaired) electrons. The van der Waals surface area contributed by atoms with Crippen LogP contribution in [0.3, 0.4) is 0 Å². The maximum absolute atomic E-state index is 4.25. The number of nitrogens with zero attached hydrogens (tertiary/aromatic N) is 2. The average molecular weight is 213 g/mol. The number of rotatable bonds is 5. The van der Waals surface area contributed by atoms with Crippen molar-refractivity contribution in [1.29, 1.82) is 0 Å². The first kappa shape index (κ1) is 11.6. The number of aryl methyl sites for hydroxylation is 1. The summed E-state index contributed by atoms with van der Waals surface area (Å²) in [5, 5.41) is 3.24. The van der Waals surface area contributed by atoms with Crippen molar-refractivity contribution in [3.8, 4) is 0 Å². The van der Waals surface area contributed by atoms with Gasteiger partial charge >= 0.3 is 0 Å². The molecule has 0 bridgehead atoms. The van der Waals surface area contributed by atoms with Crippen molar-refractivity contribution >= 4 is 11.3 Å². The van der Waals surface area contributed by atoms with Crippen molar-refractivity contribution in [2.24, 2.45) is 0 Å². The lowest BCUT2D eigenvalue weighted by Crippen LogP contribution is -2.34. The largest absolute Gasteiger partial charge is 0.316 e. The van der Waals surface area contributed by atoms with Gasteiger partial charge in [-0.3, -0.25) is 4.90 Å². The van der Waals surface area contributed by atoms with Crippen LogP contribution in [0.1, 0.15) is 17.5 Å². The summed E-state index contributed by atoms with van der Waals surface area (Å²) in [5.74, 6) is 0. The molecule has 0 amide bonds. The van der Waals surface area contributed by atoms with E-state index in [-0.39, 0.29) is 0 Å². The van der Waals surface area contributed by atoms with Gasteiger partial charge in [0, 0.05) is 24.0 Å². The lowest BCUT2D eigenvalue weighted by Gasteiger charge is -2.20. The zero-order valence-electron chi connectivity index (χ0n) is 9.37. The number of hydrogen-bond acceptors (Lipinski definition) is 4. The van der Waals surface area contributed by atoms with Crippen LogP contribution >= 0.6 is 11.3 Å². The third-order valence-corrected chi connectivity index (χ3v) is 3.26. The number of nitrogens with one attached hydrogen (secondary N) is 1. The molecule has 0 aliphatic carbocycles. The lowest BCUT2D eigenvalue weighted by atomic mass is 10.3. The van der Waals surface area contributed by atoms with Crippen LogP contribution < -0.4 is 5.32 Å². The Morgan fingerprint density at radius 1 is 1.64 bits per heavy atom. The molecule has 0 spiro atoms. The molecular formula is C10H19N3S. The van der Waals surface area contributed by atoms with Gasteiger partial charge in [0.25, 0.3) is 0 Å². The normalized spacial score (nSPS) is 13.5. The van der Waals surface area contributed by atoms with E-state index in [0.717, 1.165) is 13.1 Å². The Balaban J connectivity index is 2.41. The van der Waals surface area contributed by atoms with Gasteiger partial charge in [0.15, 0.2) is 0 Å². The number of thiazole rings is 1. The van der Waals surface area contributed by atoms with Crippen LogP contribution in [0, 0.1) is 6.92 Å². The second kappa shape index (κ2) is 5.44. The van der Waals surface area contributed by atoms with Gasteiger partial charge < -0.3 is 5.32 Å². The molecule has 1 rings (SSSR count). The van der Waals surface area contributed by atoms with E-state index in [9.17, 15) is 0 Å². The minimum absolute atomic E-state index is 0.535. The van der Waals surface area contributed by atoms with Crippen LogP contribution in [0.4, 0.5) is 0 Å². The van der Waals surface area contributed by atoms with Crippen LogP contribution in [-0.4, -0.2) is 36.6 Å². The van der Waals surface area contributed by atoms with Gasteiger partial charge in [-0.2, -0.15) is 0 Å². The number of aromatic nitrogens is 1. The average Bonchev–Trinajstić information content (AvgIpc) is 2.51. The molecule has 1 heterocycles. The van der Waals surface area contributed by atoms with E-state index in [1.807, 2.05) is 12.6 Å². The Kier molecular flexibility index (Phi) is 4.51. The molecule has 14 heavy (non-hydrogen) atoms. The predicted molar refractivity (Wildman–Crippen MR) is 61.7 cm³/mol. The molecule has 1 aromatic rings. The zero-order valence-corrected chi connectivity index (χ0v) is 10.2. The molecule has 1 unspecified atom stereocenters. The summed E-state index contributed by atoms with van der Waals surface area (Å²) in [6.45, 7) is 6.33. The van der Waals surface area contributed by atoms with Crippen LogP contribution in [0.15, 0.2) is 5.51 Å². The molecule has 0 saturated heterocycles. The highest BCUT2D eigenvalue weighted by atomic mass is 32.1. The van der Waals surface area contributed by atoms with E-state index in [4.69, 9.17) is 0 Å². The smallest absolute Gasteiger partial charge is 0.0798 e. The van der Waals surface area contributed by atoms with Gasteiger partial charge in [-0.05, 0) is 27.9 Å². The van der Waals surface area contributed by atoms with Crippen molar-refractivity contribution in [2.75, 3.05) is 20.6 Å². The van der Waals surface area contributed by atoms with Gasteiger partial charge in [-0.1, -0.05) is 0 Å². The molecule has 1 N–H and O–H groups in total. The fourth-order valence-corrected chi connectivity index (χ4v) is 2.20. The summed E-state index contributed by atoms with van der Waals surface area (Å²) >= 11 is 1.74. The predicted octanol–water partition coefficient (Wildman–Crippen LogP) is 1.49. The molecule has 0 aromatic carbocycles. The minimum atomic E-state index is 0.535. The molecule has 1 aromatic heterocycles. The van der Waals surface area contributed by atoms with Gasteiger partial charge in [-0.25, -0.2) is 4.98 Å². The molecule has 80 valence electrons. The minimum Gasteiger partial charge on any atom is -0.316 e. The molecule has 0 fully saturated rings. The van der Waals surface area contributed by atoms with E-state index in [1.165, 1.54) is 10.6 Å². The molecule has 0 aliphatic rings. The third kappa shape index (κ3) is 3.36.